The number of fused-ring (bicyclic) bond motifs is 3. The molecule has 1 saturated heterocycles. The number of aryl methyl sites for hydroxylation is 2. The molecular formula is C22H24F3N4O3S2+. The number of halogens is 3. The molecule has 0 amide bonds. The number of rotatable bonds is 4. The van der Waals surface area contributed by atoms with Crippen LogP contribution in [0.3, 0.4) is 0 Å². The zero-order valence-corrected chi connectivity index (χ0v) is 19.9. The van der Waals surface area contributed by atoms with Gasteiger partial charge in [-0.15, -0.1) is 11.3 Å². The van der Waals surface area contributed by atoms with Gasteiger partial charge in [0.1, 0.15) is 11.4 Å². The smallest absolute Gasteiger partial charge is 0.326 e. The maximum absolute atomic E-state index is 13.3. The minimum absolute atomic E-state index is 0.0869. The van der Waals surface area contributed by atoms with Gasteiger partial charge in [-0.05, 0) is 43.4 Å². The number of benzene rings is 1. The number of nitrogens with zero attached hydrogens (tertiary/aromatic N) is 2. The fourth-order valence-electron chi connectivity index (χ4n) is 4.81. The number of sulfonamides is 1. The quantitative estimate of drug-likeness (QED) is 0.559. The van der Waals surface area contributed by atoms with Gasteiger partial charge in [-0.3, -0.25) is 4.79 Å². The van der Waals surface area contributed by atoms with Crippen LogP contribution in [0.5, 0.6) is 0 Å². The fourth-order valence-corrected chi connectivity index (χ4v) is 7.75. The summed E-state index contributed by atoms with van der Waals surface area (Å²) in [6, 6.07) is 4.26. The highest BCUT2D eigenvalue weighted by molar-refractivity contribution is 7.89. The summed E-state index contributed by atoms with van der Waals surface area (Å²) in [6.45, 7) is 1.39. The molecule has 3 heterocycles. The standard InChI is InChI=1S/C22H23F3N4O3S2/c23-22(24,25)15-6-2-4-8-17(15)34(31,32)29-11-9-28(10-12-29)13-18-26-20(30)19-14-5-1-3-7-16(14)33-21(19)27-18/h2,4,6,8H,1,3,5,7,9-13H2,(H,26,27,30)/p+1. The molecule has 0 atom stereocenters. The van der Waals surface area contributed by atoms with Crippen molar-refractivity contribution < 1.29 is 26.5 Å². The van der Waals surface area contributed by atoms with E-state index in [0.717, 1.165) is 57.4 Å². The van der Waals surface area contributed by atoms with E-state index >= 15 is 0 Å². The lowest BCUT2D eigenvalue weighted by molar-refractivity contribution is -0.917. The first-order valence-electron chi connectivity index (χ1n) is 11.2. The van der Waals surface area contributed by atoms with Crippen molar-refractivity contribution in [2.75, 3.05) is 26.2 Å². The van der Waals surface area contributed by atoms with Crippen molar-refractivity contribution in [1.29, 1.82) is 0 Å². The van der Waals surface area contributed by atoms with Gasteiger partial charge in [0.15, 0.2) is 5.82 Å². The summed E-state index contributed by atoms with van der Waals surface area (Å²) in [5.41, 5.74) is -0.167. The van der Waals surface area contributed by atoms with Crippen molar-refractivity contribution in [3.05, 3.63) is 56.4 Å². The average Bonchev–Trinajstić information content (AvgIpc) is 3.18. The predicted octanol–water partition coefficient (Wildman–Crippen LogP) is 1.97. The molecule has 1 fully saturated rings. The zero-order chi connectivity index (χ0) is 24.1. The number of H-pyrrole nitrogens is 1. The molecule has 182 valence electrons. The van der Waals surface area contributed by atoms with E-state index in [-0.39, 0.29) is 18.6 Å². The minimum atomic E-state index is -4.76. The van der Waals surface area contributed by atoms with Crippen LogP contribution in [-0.2, 0) is 35.6 Å². The third-order valence-electron chi connectivity index (χ3n) is 6.53. The van der Waals surface area contributed by atoms with Crippen LogP contribution in [0.4, 0.5) is 13.2 Å². The monoisotopic (exact) mass is 513 g/mol. The van der Waals surface area contributed by atoms with Crippen LogP contribution in [0.1, 0.15) is 34.7 Å². The molecule has 12 heteroatoms. The third kappa shape index (κ3) is 4.28. The number of piperazine rings is 1. The van der Waals surface area contributed by atoms with Gasteiger partial charge >= 0.3 is 6.18 Å². The van der Waals surface area contributed by atoms with Gasteiger partial charge in [0, 0.05) is 4.88 Å². The number of nitrogens with one attached hydrogen (secondary N) is 2. The maximum Gasteiger partial charge on any atom is 0.417 e. The number of alkyl halides is 3. The lowest BCUT2D eigenvalue weighted by Crippen LogP contribution is -3.13. The molecule has 0 spiro atoms. The first-order valence-corrected chi connectivity index (χ1v) is 13.4. The number of aromatic amines is 1. The zero-order valence-electron chi connectivity index (χ0n) is 18.2. The molecule has 2 aromatic heterocycles. The summed E-state index contributed by atoms with van der Waals surface area (Å²) >= 11 is 1.57. The molecule has 1 aliphatic heterocycles. The van der Waals surface area contributed by atoms with Gasteiger partial charge in [-0.25, -0.2) is 13.4 Å². The Kier molecular flexibility index (Phi) is 6.03. The Bertz CT molecular complexity index is 1390. The Morgan fingerprint density at radius 3 is 2.56 bits per heavy atom. The molecule has 0 radical (unpaired) electrons. The first kappa shape index (κ1) is 23.5. The number of aromatic nitrogens is 2. The minimum Gasteiger partial charge on any atom is -0.326 e. The van der Waals surface area contributed by atoms with E-state index < -0.39 is 26.7 Å². The molecule has 3 aromatic rings. The van der Waals surface area contributed by atoms with E-state index in [2.05, 4.69) is 9.97 Å². The summed E-state index contributed by atoms with van der Waals surface area (Å²) in [5.74, 6) is 0.546. The second-order valence-corrected chi connectivity index (χ2v) is 11.7. The largest absolute Gasteiger partial charge is 0.417 e. The van der Waals surface area contributed by atoms with Crippen molar-refractivity contribution in [3.8, 4) is 0 Å². The van der Waals surface area contributed by atoms with E-state index in [1.165, 1.54) is 17.0 Å². The summed E-state index contributed by atoms with van der Waals surface area (Å²) in [7, 11) is -4.28. The number of quaternary nitrogens is 1. The van der Waals surface area contributed by atoms with Crippen LogP contribution in [0.15, 0.2) is 34.0 Å². The maximum atomic E-state index is 13.3. The van der Waals surface area contributed by atoms with Crippen molar-refractivity contribution in [1.82, 2.24) is 14.3 Å². The van der Waals surface area contributed by atoms with Crippen molar-refractivity contribution in [2.45, 2.75) is 43.3 Å². The second kappa shape index (κ2) is 8.74. The number of hydrogen-bond acceptors (Lipinski definition) is 5. The Morgan fingerprint density at radius 2 is 1.82 bits per heavy atom. The van der Waals surface area contributed by atoms with E-state index in [1.807, 2.05) is 0 Å². The van der Waals surface area contributed by atoms with Gasteiger partial charge < -0.3 is 9.88 Å². The van der Waals surface area contributed by atoms with Crippen LogP contribution < -0.4 is 10.5 Å². The fraction of sp³-hybridized carbons (Fsp3) is 0.455. The topological polar surface area (TPSA) is 87.6 Å². The Balaban J connectivity index is 1.31. The molecule has 0 saturated carbocycles. The predicted molar refractivity (Wildman–Crippen MR) is 121 cm³/mol. The lowest BCUT2D eigenvalue weighted by Gasteiger charge is -2.31. The second-order valence-electron chi connectivity index (χ2n) is 8.73. The van der Waals surface area contributed by atoms with Gasteiger partial charge in [-0.2, -0.15) is 17.5 Å². The van der Waals surface area contributed by atoms with Crippen LogP contribution in [0, 0.1) is 0 Å². The molecule has 0 bridgehead atoms. The van der Waals surface area contributed by atoms with Crippen molar-refractivity contribution >= 4 is 31.6 Å². The Hall–Kier alpha value is -2.28. The lowest BCUT2D eigenvalue weighted by atomic mass is 9.97. The van der Waals surface area contributed by atoms with E-state index in [4.69, 9.17) is 0 Å². The van der Waals surface area contributed by atoms with E-state index in [0.29, 0.717) is 30.8 Å². The SMILES string of the molecule is O=c1[nH]c(C[NH+]2CCN(S(=O)(=O)c3ccccc3C(F)(F)F)CC2)nc2sc3c(c12)CCCC3. The van der Waals surface area contributed by atoms with Gasteiger partial charge in [0.05, 0.1) is 42.0 Å². The first-order chi connectivity index (χ1) is 16.1. The van der Waals surface area contributed by atoms with Crippen LogP contribution in [-0.4, -0.2) is 48.9 Å². The molecule has 0 unspecified atom stereocenters. The van der Waals surface area contributed by atoms with Gasteiger partial charge in [0.2, 0.25) is 10.0 Å². The average molecular weight is 514 g/mol. The highest BCUT2D eigenvalue weighted by Crippen LogP contribution is 2.35. The van der Waals surface area contributed by atoms with E-state index in [9.17, 15) is 26.4 Å². The van der Waals surface area contributed by atoms with Crippen molar-refractivity contribution in [3.63, 3.8) is 0 Å². The molecule has 2 N–H and O–H groups in total. The van der Waals surface area contributed by atoms with Gasteiger partial charge in [-0.1, -0.05) is 12.1 Å². The summed E-state index contributed by atoms with van der Waals surface area (Å²) in [4.78, 5) is 22.6. The molecule has 5 rings (SSSR count). The highest BCUT2D eigenvalue weighted by atomic mass is 32.2. The summed E-state index contributed by atoms with van der Waals surface area (Å²) in [5, 5.41) is 0.692. The Labute approximate surface area is 198 Å². The highest BCUT2D eigenvalue weighted by Gasteiger charge is 2.40. The summed E-state index contributed by atoms with van der Waals surface area (Å²) < 4.78 is 67.1. The molecule has 1 aliphatic carbocycles. The molecule has 7 nitrogen and oxygen atoms in total. The normalized spacial score (nSPS) is 18.3. The van der Waals surface area contributed by atoms with Crippen LogP contribution in [0.2, 0.25) is 0 Å². The summed E-state index contributed by atoms with van der Waals surface area (Å²) in [6.07, 6.45) is -0.684. The van der Waals surface area contributed by atoms with Gasteiger partial charge in [0.25, 0.3) is 5.56 Å². The number of hydrogen-bond donors (Lipinski definition) is 2. The van der Waals surface area contributed by atoms with Crippen molar-refractivity contribution in [2.24, 2.45) is 0 Å². The Morgan fingerprint density at radius 1 is 1.12 bits per heavy atom. The molecule has 2 aliphatic rings. The molecular weight excluding hydrogens is 489 g/mol. The third-order valence-corrected chi connectivity index (χ3v) is 9.67. The van der Waals surface area contributed by atoms with Crippen LogP contribution in [0.25, 0.3) is 10.2 Å². The van der Waals surface area contributed by atoms with E-state index in [1.54, 1.807) is 11.3 Å². The molecule has 34 heavy (non-hydrogen) atoms. The number of thiophene rings is 1. The van der Waals surface area contributed by atoms with Crippen LogP contribution >= 0.6 is 11.3 Å². The molecule has 1 aromatic carbocycles.